The van der Waals surface area contributed by atoms with Crippen LogP contribution in [0.3, 0.4) is 0 Å². The van der Waals surface area contributed by atoms with Gasteiger partial charge in [-0.25, -0.2) is 8.42 Å². The second kappa shape index (κ2) is 15.5. The van der Waals surface area contributed by atoms with E-state index < -0.39 is 28.5 Å². The van der Waals surface area contributed by atoms with Crippen LogP contribution in [0.15, 0.2) is 114 Å². The molecule has 2 amide bonds. The third-order valence-corrected chi connectivity index (χ3v) is 9.27. The molecule has 0 bridgehead atoms. The number of carbonyl (C=O) groups is 2. The van der Waals surface area contributed by atoms with Gasteiger partial charge in [-0.1, -0.05) is 97.7 Å². The number of halogens is 1. The lowest BCUT2D eigenvalue weighted by atomic mass is 10.0. The number of hydrogen-bond donors (Lipinski definition) is 1. The molecule has 4 aromatic carbocycles. The van der Waals surface area contributed by atoms with Gasteiger partial charge in [-0.2, -0.15) is 0 Å². The average molecular weight is 632 g/mol. The molecule has 0 aliphatic rings. The first-order valence-electron chi connectivity index (χ1n) is 14.7. The summed E-state index contributed by atoms with van der Waals surface area (Å²) in [6.07, 6.45) is 1.95. The zero-order chi connectivity index (χ0) is 31.5. The average Bonchev–Trinajstić information content (AvgIpc) is 3.02. The van der Waals surface area contributed by atoms with Crippen molar-refractivity contribution in [1.29, 1.82) is 0 Å². The molecular weight excluding hydrogens is 594 g/mol. The minimum Gasteiger partial charge on any atom is -0.354 e. The Hall–Kier alpha value is -4.14. The van der Waals surface area contributed by atoms with E-state index in [1.807, 2.05) is 56.3 Å². The van der Waals surface area contributed by atoms with Crippen molar-refractivity contribution in [3.05, 3.63) is 131 Å². The Morgan fingerprint density at radius 3 is 2.16 bits per heavy atom. The number of hydrogen-bond acceptors (Lipinski definition) is 4. The molecule has 0 saturated carbocycles. The molecule has 0 saturated heterocycles. The lowest BCUT2D eigenvalue weighted by molar-refractivity contribution is -0.140. The van der Waals surface area contributed by atoms with E-state index in [0.717, 1.165) is 33.8 Å². The van der Waals surface area contributed by atoms with Crippen molar-refractivity contribution in [3.8, 4) is 0 Å². The molecule has 0 fully saturated rings. The highest BCUT2D eigenvalue weighted by Crippen LogP contribution is 2.26. The van der Waals surface area contributed by atoms with Gasteiger partial charge in [-0.05, 0) is 66.4 Å². The van der Waals surface area contributed by atoms with Gasteiger partial charge >= 0.3 is 0 Å². The zero-order valence-electron chi connectivity index (χ0n) is 25.0. The van der Waals surface area contributed by atoms with Gasteiger partial charge in [-0.15, -0.1) is 0 Å². The molecule has 0 aliphatic carbocycles. The second-order valence-electron chi connectivity index (χ2n) is 10.7. The summed E-state index contributed by atoms with van der Waals surface area (Å²) in [5, 5.41) is 3.49. The number of rotatable bonds is 14. The summed E-state index contributed by atoms with van der Waals surface area (Å²) in [6.45, 7) is 3.92. The topological polar surface area (TPSA) is 86.8 Å². The number of aryl methyl sites for hydroxylation is 1. The number of nitrogens with one attached hydrogen (secondary N) is 1. The van der Waals surface area contributed by atoms with Gasteiger partial charge in [0.05, 0.1) is 10.6 Å². The first-order valence-corrected chi connectivity index (χ1v) is 16.5. The Morgan fingerprint density at radius 2 is 1.50 bits per heavy atom. The molecule has 0 unspecified atom stereocenters. The molecule has 1 N–H and O–H groups in total. The normalized spacial score (nSPS) is 11.9. The van der Waals surface area contributed by atoms with Crippen molar-refractivity contribution in [2.75, 3.05) is 17.4 Å². The molecule has 44 heavy (non-hydrogen) atoms. The Kier molecular flexibility index (Phi) is 11.6. The molecule has 7 nitrogen and oxygen atoms in total. The fourth-order valence-electron chi connectivity index (χ4n) is 4.92. The van der Waals surface area contributed by atoms with Gasteiger partial charge in [0.15, 0.2) is 0 Å². The predicted octanol–water partition coefficient (Wildman–Crippen LogP) is 6.40. The molecule has 0 heterocycles. The fraction of sp³-hybridized carbons (Fsp3) is 0.257. The Morgan fingerprint density at radius 1 is 0.841 bits per heavy atom. The van der Waals surface area contributed by atoms with Crippen LogP contribution in [0.5, 0.6) is 0 Å². The number of carbonyl (C=O) groups excluding carboxylic acids is 2. The molecule has 0 spiro atoms. The van der Waals surface area contributed by atoms with Crippen molar-refractivity contribution < 1.29 is 18.0 Å². The summed E-state index contributed by atoms with van der Waals surface area (Å²) in [5.74, 6) is -0.816. The molecule has 4 aromatic rings. The molecule has 0 radical (unpaired) electrons. The Labute approximate surface area is 265 Å². The Balaban J connectivity index is 1.78. The van der Waals surface area contributed by atoms with E-state index in [4.69, 9.17) is 11.6 Å². The van der Waals surface area contributed by atoms with E-state index in [2.05, 4.69) is 5.32 Å². The van der Waals surface area contributed by atoms with Crippen molar-refractivity contribution in [1.82, 2.24) is 10.2 Å². The van der Waals surface area contributed by atoms with Crippen LogP contribution in [0.4, 0.5) is 5.69 Å². The van der Waals surface area contributed by atoms with Gasteiger partial charge in [0.25, 0.3) is 10.0 Å². The van der Waals surface area contributed by atoms with Crippen LogP contribution in [0.2, 0.25) is 5.02 Å². The minimum atomic E-state index is -4.14. The van der Waals surface area contributed by atoms with Gasteiger partial charge < -0.3 is 10.2 Å². The first-order chi connectivity index (χ1) is 21.2. The molecular formula is C35H38ClN3O4S. The predicted molar refractivity (Wildman–Crippen MR) is 176 cm³/mol. The molecule has 0 aromatic heterocycles. The molecule has 1 atom stereocenters. The number of amides is 2. The van der Waals surface area contributed by atoms with Crippen LogP contribution in [0.25, 0.3) is 0 Å². The maximum atomic E-state index is 14.5. The summed E-state index contributed by atoms with van der Waals surface area (Å²) < 4.78 is 29.2. The SMILES string of the molecule is CCCCNC(=O)[C@H](Cc1ccccc1)N(Cc1cccc(Cl)c1)C(=O)CN(c1cccc(C)c1)S(=O)(=O)c1ccccc1. The minimum absolute atomic E-state index is 0.0606. The summed E-state index contributed by atoms with van der Waals surface area (Å²) in [7, 11) is -4.14. The maximum Gasteiger partial charge on any atom is 0.264 e. The second-order valence-corrected chi connectivity index (χ2v) is 13.0. The van der Waals surface area contributed by atoms with Crippen molar-refractivity contribution in [2.24, 2.45) is 0 Å². The zero-order valence-corrected chi connectivity index (χ0v) is 26.6. The van der Waals surface area contributed by atoms with E-state index in [-0.39, 0.29) is 23.8 Å². The highest BCUT2D eigenvalue weighted by Gasteiger charge is 2.34. The first kappa shape index (κ1) is 32.8. The van der Waals surface area contributed by atoms with E-state index in [1.165, 1.54) is 17.0 Å². The lowest BCUT2D eigenvalue weighted by Gasteiger charge is -2.34. The van der Waals surface area contributed by atoms with Gasteiger partial charge in [0.1, 0.15) is 12.6 Å². The number of sulfonamides is 1. The number of nitrogens with zero attached hydrogens (tertiary/aromatic N) is 2. The van der Waals surface area contributed by atoms with Crippen molar-refractivity contribution >= 4 is 39.1 Å². The summed E-state index contributed by atoms with van der Waals surface area (Å²) in [4.78, 5) is 29.8. The van der Waals surface area contributed by atoms with Gasteiger partial charge in [0.2, 0.25) is 11.8 Å². The molecule has 9 heteroatoms. The van der Waals surface area contributed by atoms with Crippen LogP contribution in [-0.4, -0.2) is 44.3 Å². The quantitative estimate of drug-likeness (QED) is 0.163. The molecule has 0 aliphatic heterocycles. The number of unbranched alkanes of at least 4 members (excludes halogenated alkanes) is 1. The largest absolute Gasteiger partial charge is 0.354 e. The fourth-order valence-corrected chi connectivity index (χ4v) is 6.56. The maximum absolute atomic E-state index is 14.5. The highest BCUT2D eigenvalue weighted by atomic mass is 35.5. The van der Waals surface area contributed by atoms with Crippen LogP contribution in [-0.2, 0) is 32.6 Å². The smallest absolute Gasteiger partial charge is 0.264 e. The van der Waals surface area contributed by atoms with Crippen LogP contribution in [0.1, 0.15) is 36.5 Å². The third-order valence-electron chi connectivity index (χ3n) is 7.24. The standard InChI is InChI=1S/C35H38ClN3O4S/c1-3-4-21-37-35(41)33(24-28-14-7-5-8-15-28)38(25-29-16-12-17-30(36)23-29)34(40)26-39(31-18-11-13-27(2)22-31)44(42,43)32-19-9-6-10-20-32/h5-20,22-23,33H,3-4,21,24-26H2,1-2H3,(H,37,41)/t33-/m0/s1. The van der Waals surface area contributed by atoms with Gasteiger partial charge in [-0.3, -0.25) is 13.9 Å². The molecule has 230 valence electrons. The summed E-state index contributed by atoms with van der Waals surface area (Å²) >= 11 is 6.30. The number of anilines is 1. The number of benzene rings is 4. The van der Waals surface area contributed by atoms with Gasteiger partial charge in [0, 0.05) is 24.5 Å². The summed E-state index contributed by atoms with van der Waals surface area (Å²) in [5.41, 5.74) is 2.80. The van der Waals surface area contributed by atoms with Crippen LogP contribution in [0, 0.1) is 6.92 Å². The monoisotopic (exact) mass is 631 g/mol. The van der Waals surface area contributed by atoms with E-state index in [0.29, 0.717) is 17.3 Å². The van der Waals surface area contributed by atoms with Crippen molar-refractivity contribution in [3.63, 3.8) is 0 Å². The van der Waals surface area contributed by atoms with Crippen LogP contribution < -0.4 is 9.62 Å². The van der Waals surface area contributed by atoms with Crippen molar-refractivity contribution in [2.45, 2.75) is 50.6 Å². The lowest BCUT2D eigenvalue weighted by Crippen LogP contribution is -2.53. The Bertz CT molecular complexity index is 1650. The summed E-state index contributed by atoms with van der Waals surface area (Å²) in [6, 6.07) is 30.7. The van der Waals surface area contributed by atoms with Crippen LogP contribution >= 0.6 is 11.6 Å². The molecule has 4 rings (SSSR count). The van der Waals surface area contributed by atoms with E-state index >= 15 is 0 Å². The van der Waals surface area contributed by atoms with E-state index in [9.17, 15) is 18.0 Å². The van der Waals surface area contributed by atoms with E-state index in [1.54, 1.807) is 54.6 Å². The third kappa shape index (κ3) is 8.71. The highest BCUT2D eigenvalue weighted by molar-refractivity contribution is 7.92.